The number of imidazole rings is 1. The van der Waals surface area contributed by atoms with E-state index in [4.69, 9.17) is 4.74 Å². The fourth-order valence-corrected chi connectivity index (χ4v) is 4.06. The first kappa shape index (κ1) is 21.0. The van der Waals surface area contributed by atoms with Gasteiger partial charge >= 0.3 is 0 Å². The van der Waals surface area contributed by atoms with Crippen LogP contribution in [0.1, 0.15) is 12.8 Å². The molecule has 3 heterocycles. The first-order valence-electron chi connectivity index (χ1n) is 11.2. The van der Waals surface area contributed by atoms with Crippen LogP contribution >= 0.6 is 0 Å². The molecule has 1 N–H and O–H groups in total. The minimum atomic E-state index is -0.437. The standard InChI is InChI=1S/C26H21FN6O2/c1-35-23-12-20(9-10-21(23)27)33-15-29-31-25(33)18-6-11-24-28-13-22(32(24)14-18)16-4-7-19(8-5-16)30-26(34)17-2-3-17/h4-15,17H,2-3H2,1H3,(H,30,34). The van der Waals surface area contributed by atoms with Gasteiger partial charge in [0.15, 0.2) is 17.4 Å². The molecular formula is C26H21FN6O2. The van der Waals surface area contributed by atoms with Gasteiger partial charge in [-0.25, -0.2) is 9.37 Å². The number of fused-ring (bicyclic) bond motifs is 1. The van der Waals surface area contributed by atoms with E-state index in [1.54, 1.807) is 23.0 Å². The lowest BCUT2D eigenvalue weighted by molar-refractivity contribution is -0.117. The van der Waals surface area contributed by atoms with Crippen molar-refractivity contribution in [1.29, 1.82) is 0 Å². The molecule has 5 aromatic rings. The van der Waals surface area contributed by atoms with Gasteiger partial charge in [0, 0.05) is 35.0 Å². The van der Waals surface area contributed by atoms with Crippen molar-refractivity contribution in [2.24, 2.45) is 5.92 Å². The molecule has 0 aliphatic heterocycles. The Bertz CT molecular complexity index is 1550. The van der Waals surface area contributed by atoms with E-state index >= 15 is 0 Å². The van der Waals surface area contributed by atoms with Gasteiger partial charge in [0.1, 0.15) is 12.0 Å². The SMILES string of the molecule is COc1cc(-n2cnnc2-c2ccc3ncc(-c4ccc(NC(=O)C5CC5)cc4)n3c2)ccc1F. The molecule has 0 radical (unpaired) electrons. The van der Waals surface area contributed by atoms with Crippen LogP contribution in [0.5, 0.6) is 5.75 Å². The van der Waals surface area contributed by atoms with Gasteiger partial charge in [0.05, 0.1) is 24.7 Å². The fraction of sp³-hybridized carbons (Fsp3) is 0.154. The molecule has 1 amide bonds. The predicted molar refractivity (Wildman–Crippen MR) is 129 cm³/mol. The average molecular weight is 468 g/mol. The molecule has 0 atom stereocenters. The van der Waals surface area contributed by atoms with Crippen LogP contribution in [0.2, 0.25) is 0 Å². The number of nitrogens with one attached hydrogen (secondary N) is 1. The third-order valence-electron chi connectivity index (χ3n) is 6.12. The van der Waals surface area contributed by atoms with Crippen molar-refractivity contribution >= 4 is 17.2 Å². The first-order chi connectivity index (χ1) is 17.1. The molecule has 35 heavy (non-hydrogen) atoms. The van der Waals surface area contributed by atoms with Crippen LogP contribution < -0.4 is 10.1 Å². The lowest BCUT2D eigenvalue weighted by Crippen LogP contribution is -2.12. The Morgan fingerprint density at radius 3 is 2.66 bits per heavy atom. The number of aromatic nitrogens is 5. The molecule has 0 unspecified atom stereocenters. The average Bonchev–Trinajstić information content (AvgIpc) is 3.48. The molecule has 1 saturated carbocycles. The third kappa shape index (κ3) is 3.90. The minimum absolute atomic E-state index is 0.0834. The number of halogens is 1. The molecular weight excluding hydrogens is 447 g/mol. The highest BCUT2D eigenvalue weighted by molar-refractivity contribution is 5.94. The number of amides is 1. The molecule has 174 valence electrons. The van der Waals surface area contributed by atoms with Crippen LogP contribution in [0.25, 0.3) is 34.0 Å². The Labute approximate surface area is 200 Å². The largest absolute Gasteiger partial charge is 0.494 e. The zero-order valence-corrected chi connectivity index (χ0v) is 18.9. The molecule has 6 rings (SSSR count). The van der Waals surface area contributed by atoms with Crippen LogP contribution in [-0.4, -0.2) is 37.2 Å². The van der Waals surface area contributed by atoms with Gasteiger partial charge in [0.25, 0.3) is 0 Å². The second-order valence-corrected chi connectivity index (χ2v) is 8.47. The van der Waals surface area contributed by atoms with Gasteiger partial charge in [-0.15, -0.1) is 10.2 Å². The van der Waals surface area contributed by atoms with E-state index in [1.165, 1.54) is 13.2 Å². The molecule has 1 aliphatic rings. The first-order valence-corrected chi connectivity index (χ1v) is 11.2. The molecule has 2 aromatic carbocycles. The number of hydrogen-bond donors (Lipinski definition) is 1. The van der Waals surface area contributed by atoms with Crippen LogP contribution in [0.4, 0.5) is 10.1 Å². The van der Waals surface area contributed by atoms with E-state index in [0.717, 1.165) is 41.0 Å². The maximum atomic E-state index is 13.9. The number of nitrogens with zero attached hydrogens (tertiary/aromatic N) is 5. The van der Waals surface area contributed by atoms with Crippen molar-refractivity contribution in [1.82, 2.24) is 24.1 Å². The highest BCUT2D eigenvalue weighted by Gasteiger charge is 2.29. The predicted octanol–water partition coefficient (Wildman–Crippen LogP) is 4.75. The summed E-state index contributed by atoms with van der Waals surface area (Å²) < 4.78 is 22.8. The topological polar surface area (TPSA) is 86.3 Å². The Balaban J connectivity index is 1.35. The number of hydrogen-bond acceptors (Lipinski definition) is 5. The summed E-state index contributed by atoms with van der Waals surface area (Å²) >= 11 is 0. The molecule has 1 aliphatic carbocycles. The van der Waals surface area contributed by atoms with E-state index in [9.17, 15) is 9.18 Å². The Morgan fingerprint density at radius 2 is 1.89 bits per heavy atom. The van der Waals surface area contributed by atoms with Crippen molar-refractivity contribution < 1.29 is 13.9 Å². The lowest BCUT2D eigenvalue weighted by Gasteiger charge is -2.10. The van der Waals surface area contributed by atoms with Gasteiger partial charge in [-0.3, -0.25) is 13.8 Å². The van der Waals surface area contributed by atoms with Gasteiger partial charge in [-0.05, 0) is 49.2 Å². The summed E-state index contributed by atoms with van der Waals surface area (Å²) in [7, 11) is 1.43. The van der Waals surface area contributed by atoms with Crippen molar-refractivity contribution in [2.75, 3.05) is 12.4 Å². The number of rotatable bonds is 6. The van der Waals surface area contributed by atoms with Crippen LogP contribution in [0.3, 0.4) is 0 Å². The fourth-order valence-electron chi connectivity index (χ4n) is 4.06. The number of carbonyl (C=O) groups is 1. The number of methoxy groups -OCH3 is 1. The van der Waals surface area contributed by atoms with Crippen LogP contribution in [0.15, 0.2) is 73.3 Å². The number of pyridine rings is 1. The summed E-state index contributed by atoms with van der Waals surface area (Å²) in [5.41, 5.74) is 4.91. The maximum absolute atomic E-state index is 13.9. The van der Waals surface area contributed by atoms with E-state index in [-0.39, 0.29) is 17.6 Å². The zero-order valence-electron chi connectivity index (χ0n) is 18.9. The summed E-state index contributed by atoms with van der Waals surface area (Å²) in [5, 5.41) is 11.3. The van der Waals surface area contributed by atoms with Crippen molar-refractivity contribution in [2.45, 2.75) is 12.8 Å². The monoisotopic (exact) mass is 468 g/mol. The molecule has 1 fully saturated rings. The Hall–Kier alpha value is -4.53. The van der Waals surface area contributed by atoms with Crippen molar-refractivity contribution in [3.8, 4) is 34.1 Å². The summed E-state index contributed by atoms with van der Waals surface area (Å²) in [5.74, 6) is 0.545. The van der Waals surface area contributed by atoms with E-state index in [2.05, 4.69) is 20.5 Å². The van der Waals surface area contributed by atoms with E-state index in [1.807, 2.05) is 53.2 Å². The second-order valence-electron chi connectivity index (χ2n) is 8.47. The van der Waals surface area contributed by atoms with Crippen molar-refractivity contribution in [3.05, 3.63) is 79.1 Å². The maximum Gasteiger partial charge on any atom is 0.227 e. The Morgan fingerprint density at radius 1 is 1.09 bits per heavy atom. The summed E-state index contributed by atoms with van der Waals surface area (Å²) in [6, 6.07) is 16.2. The molecule has 0 spiro atoms. The quantitative estimate of drug-likeness (QED) is 0.389. The molecule has 0 bridgehead atoms. The Kier molecular flexibility index (Phi) is 5.02. The number of carbonyl (C=O) groups excluding carboxylic acids is 1. The summed E-state index contributed by atoms with van der Waals surface area (Å²) in [4.78, 5) is 16.6. The zero-order chi connectivity index (χ0) is 23.9. The highest BCUT2D eigenvalue weighted by Crippen LogP contribution is 2.31. The highest BCUT2D eigenvalue weighted by atomic mass is 19.1. The van der Waals surface area contributed by atoms with E-state index < -0.39 is 5.82 Å². The number of anilines is 1. The summed E-state index contributed by atoms with van der Waals surface area (Å²) in [6.07, 6.45) is 7.27. The molecule has 3 aromatic heterocycles. The van der Waals surface area contributed by atoms with Gasteiger partial charge < -0.3 is 10.1 Å². The third-order valence-corrected chi connectivity index (χ3v) is 6.12. The van der Waals surface area contributed by atoms with Crippen LogP contribution in [-0.2, 0) is 4.79 Å². The molecule has 0 saturated heterocycles. The van der Waals surface area contributed by atoms with Gasteiger partial charge in [-0.2, -0.15) is 0 Å². The normalized spacial score (nSPS) is 13.2. The number of benzene rings is 2. The molecule has 9 heteroatoms. The van der Waals surface area contributed by atoms with Gasteiger partial charge in [-0.1, -0.05) is 12.1 Å². The summed E-state index contributed by atoms with van der Waals surface area (Å²) in [6.45, 7) is 0. The van der Waals surface area contributed by atoms with Crippen LogP contribution in [0, 0.1) is 11.7 Å². The second kappa shape index (κ2) is 8.35. The van der Waals surface area contributed by atoms with E-state index in [0.29, 0.717) is 11.5 Å². The number of ether oxygens (including phenoxy) is 1. The molecule has 8 nitrogen and oxygen atoms in total. The van der Waals surface area contributed by atoms with Gasteiger partial charge in [0.2, 0.25) is 5.91 Å². The minimum Gasteiger partial charge on any atom is -0.494 e. The lowest BCUT2D eigenvalue weighted by atomic mass is 10.1. The van der Waals surface area contributed by atoms with Crippen molar-refractivity contribution in [3.63, 3.8) is 0 Å². The smallest absolute Gasteiger partial charge is 0.227 e.